The molecule has 0 aliphatic carbocycles. The van der Waals surface area contributed by atoms with Gasteiger partial charge in [-0.15, -0.1) is 6.58 Å². The molecule has 1 amide bonds. The van der Waals surface area contributed by atoms with Crippen molar-refractivity contribution >= 4 is 17.4 Å². The van der Waals surface area contributed by atoms with E-state index in [0.29, 0.717) is 22.6 Å². The molecule has 0 saturated carbocycles. The quantitative estimate of drug-likeness (QED) is 0.484. The van der Waals surface area contributed by atoms with Gasteiger partial charge in [0, 0.05) is 25.0 Å². The number of Topliss-reactive ketones (excluding diaryl/α,β-unsaturated/α-hetero) is 1. The van der Waals surface area contributed by atoms with Crippen LogP contribution < -0.4 is 4.90 Å². The molecule has 0 unspecified atom stereocenters. The van der Waals surface area contributed by atoms with Crippen LogP contribution in [-0.2, 0) is 11.8 Å². The third-order valence-electron chi connectivity index (χ3n) is 3.56. The normalized spacial score (nSPS) is 10.3. The summed E-state index contributed by atoms with van der Waals surface area (Å²) in [6.07, 6.45) is 1.60. The second kappa shape index (κ2) is 6.39. The van der Waals surface area contributed by atoms with Crippen LogP contribution in [0.1, 0.15) is 21.7 Å². The van der Waals surface area contributed by atoms with Crippen molar-refractivity contribution in [3.8, 4) is 0 Å². The molecule has 0 saturated heterocycles. The molecule has 1 aromatic heterocycles. The highest BCUT2D eigenvalue weighted by molar-refractivity contribution is 6.47. The molecule has 114 valence electrons. The highest BCUT2D eigenvalue weighted by Gasteiger charge is 2.28. The zero-order valence-corrected chi connectivity index (χ0v) is 13.0. The number of para-hydroxylation sites is 1. The van der Waals surface area contributed by atoms with E-state index >= 15 is 0 Å². The predicted molar refractivity (Wildman–Crippen MR) is 86.0 cm³/mol. The summed E-state index contributed by atoms with van der Waals surface area (Å²) in [5.41, 5.74) is 2.28. The van der Waals surface area contributed by atoms with Gasteiger partial charge < -0.3 is 4.90 Å². The number of carbonyl (C=O) groups excluding carboxylic acids is 2. The topological polar surface area (TPSA) is 55.2 Å². The van der Waals surface area contributed by atoms with Gasteiger partial charge >= 0.3 is 0 Å². The van der Waals surface area contributed by atoms with E-state index < -0.39 is 11.7 Å². The van der Waals surface area contributed by atoms with Gasteiger partial charge in [0.2, 0.25) is 0 Å². The maximum atomic E-state index is 12.6. The Balaban J connectivity index is 2.39. The van der Waals surface area contributed by atoms with Gasteiger partial charge in [-0.25, -0.2) is 0 Å². The Bertz CT molecular complexity index is 717. The van der Waals surface area contributed by atoms with E-state index in [4.69, 9.17) is 0 Å². The molecule has 1 aromatic carbocycles. The summed E-state index contributed by atoms with van der Waals surface area (Å²) in [5.74, 6) is -1.13. The lowest BCUT2D eigenvalue weighted by atomic mass is 10.1. The van der Waals surface area contributed by atoms with Crippen LogP contribution in [0, 0.1) is 13.8 Å². The number of carbonyl (C=O) groups is 2. The molecule has 0 atom stereocenters. The molecule has 0 radical (unpaired) electrons. The highest BCUT2D eigenvalue weighted by Crippen LogP contribution is 2.18. The Labute approximate surface area is 129 Å². The number of aromatic nitrogens is 2. The van der Waals surface area contributed by atoms with E-state index in [2.05, 4.69) is 11.7 Å². The monoisotopic (exact) mass is 297 g/mol. The molecule has 22 heavy (non-hydrogen) atoms. The van der Waals surface area contributed by atoms with E-state index in [1.165, 1.54) is 4.90 Å². The zero-order valence-electron chi connectivity index (χ0n) is 13.0. The fourth-order valence-electron chi connectivity index (χ4n) is 2.37. The Morgan fingerprint density at radius 1 is 1.27 bits per heavy atom. The Morgan fingerprint density at radius 2 is 1.91 bits per heavy atom. The molecule has 1 heterocycles. The van der Waals surface area contributed by atoms with E-state index in [1.807, 2.05) is 18.2 Å². The lowest BCUT2D eigenvalue weighted by molar-refractivity contribution is -0.114. The van der Waals surface area contributed by atoms with Crippen LogP contribution in [0.15, 0.2) is 43.0 Å². The lowest BCUT2D eigenvalue weighted by Crippen LogP contribution is -2.37. The summed E-state index contributed by atoms with van der Waals surface area (Å²) in [5, 5.41) is 4.20. The van der Waals surface area contributed by atoms with E-state index in [0.717, 1.165) is 0 Å². The maximum absolute atomic E-state index is 12.6. The predicted octanol–water partition coefficient (Wildman–Crippen LogP) is 2.44. The number of amides is 1. The summed E-state index contributed by atoms with van der Waals surface area (Å²) >= 11 is 0. The number of nitrogens with zero attached hydrogens (tertiary/aromatic N) is 3. The highest BCUT2D eigenvalue weighted by atomic mass is 16.2. The second-order valence-electron chi connectivity index (χ2n) is 5.04. The lowest BCUT2D eigenvalue weighted by Gasteiger charge is -2.20. The summed E-state index contributed by atoms with van der Waals surface area (Å²) in [7, 11) is 1.75. The molecular weight excluding hydrogens is 278 g/mol. The standard InChI is InChI=1S/C17H19N3O2/c1-5-11-20(14-9-7-6-8-10-14)17(22)16(21)15-12(2)18-19(4)13(15)3/h5-10H,1,11H2,2-4H3. The first kappa shape index (κ1) is 15.7. The van der Waals surface area contributed by atoms with Crippen LogP contribution in [0.4, 0.5) is 5.69 Å². The van der Waals surface area contributed by atoms with Crippen molar-refractivity contribution in [2.24, 2.45) is 7.05 Å². The SMILES string of the molecule is C=CCN(C(=O)C(=O)c1c(C)nn(C)c1C)c1ccccc1. The van der Waals surface area contributed by atoms with Gasteiger partial charge in [-0.1, -0.05) is 24.3 Å². The van der Waals surface area contributed by atoms with Gasteiger partial charge in [0.25, 0.3) is 11.7 Å². The minimum Gasteiger partial charge on any atom is -0.302 e. The number of rotatable bonds is 5. The van der Waals surface area contributed by atoms with Crippen LogP contribution in [0.25, 0.3) is 0 Å². The molecule has 0 aliphatic rings. The number of hydrogen-bond donors (Lipinski definition) is 0. The molecule has 0 bridgehead atoms. The van der Waals surface area contributed by atoms with Crippen LogP contribution in [0.5, 0.6) is 0 Å². The first-order chi connectivity index (χ1) is 10.5. The molecule has 2 rings (SSSR count). The second-order valence-corrected chi connectivity index (χ2v) is 5.04. The van der Waals surface area contributed by atoms with Gasteiger partial charge in [0.1, 0.15) is 0 Å². The van der Waals surface area contributed by atoms with Crippen molar-refractivity contribution in [1.29, 1.82) is 0 Å². The Kier molecular flexibility index (Phi) is 4.56. The van der Waals surface area contributed by atoms with Crippen molar-refractivity contribution in [3.63, 3.8) is 0 Å². The summed E-state index contributed by atoms with van der Waals surface area (Å²) in [6.45, 7) is 7.44. The van der Waals surface area contributed by atoms with Gasteiger partial charge in [-0.2, -0.15) is 5.10 Å². The molecule has 0 spiro atoms. The molecule has 5 nitrogen and oxygen atoms in total. The van der Waals surface area contributed by atoms with Gasteiger partial charge in [0.15, 0.2) is 0 Å². The van der Waals surface area contributed by atoms with Gasteiger partial charge in [-0.3, -0.25) is 14.3 Å². The van der Waals surface area contributed by atoms with Gasteiger partial charge in [0.05, 0.1) is 11.3 Å². The first-order valence-corrected chi connectivity index (χ1v) is 6.99. The zero-order chi connectivity index (χ0) is 16.3. The van der Waals surface area contributed by atoms with Crippen molar-refractivity contribution in [2.75, 3.05) is 11.4 Å². The number of ketones is 1. The smallest absolute Gasteiger partial charge is 0.299 e. The van der Waals surface area contributed by atoms with Crippen LogP contribution >= 0.6 is 0 Å². The minimum atomic E-state index is -0.578. The summed E-state index contributed by atoms with van der Waals surface area (Å²) in [6, 6.07) is 9.08. The van der Waals surface area contributed by atoms with Crippen LogP contribution in [-0.4, -0.2) is 28.0 Å². The van der Waals surface area contributed by atoms with E-state index in [9.17, 15) is 9.59 Å². The number of anilines is 1. The van der Waals surface area contributed by atoms with Crippen molar-refractivity contribution in [1.82, 2.24) is 9.78 Å². The number of benzene rings is 1. The third-order valence-corrected chi connectivity index (χ3v) is 3.56. The van der Waals surface area contributed by atoms with Crippen LogP contribution in [0.2, 0.25) is 0 Å². The number of aryl methyl sites for hydroxylation is 2. The molecule has 0 fully saturated rings. The maximum Gasteiger partial charge on any atom is 0.299 e. The summed E-state index contributed by atoms with van der Waals surface area (Å²) < 4.78 is 1.61. The minimum absolute atomic E-state index is 0.271. The summed E-state index contributed by atoms with van der Waals surface area (Å²) in [4.78, 5) is 26.7. The van der Waals surface area contributed by atoms with Crippen LogP contribution in [0.3, 0.4) is 0 Å². The van der Waals surface area contributed by atoms with Gasteiger partial charge in [-0.05, 0) is 26.0 Å². The average molecular weight is 297 g/mol. The van der Waals surface area contributed by atoms with E-state index in [-0.39, 0.29) is 6.54 Å². The molecule has 5 heteroatoms. The van der Waals surface area contributed by atoms with Crippen molar-refractivity contribution in [2.45, 2.75) is 13.8 Å². The fourth-order valence-corrected chi connectivity index (χ4v) is 2.37. The number of hydrogen-bond acceptors (Lipinski definition) is 3. The molecule has 0 N–H and O–H groups in total. The molecule has 0 aliphatic heterocycles. The molecule has 2 aromatic rings. The van der Waals surface area contributed by atoms with Crippen molar-refractivity contribution in [3.05, 3.63) is 59.9 Å². The molecular formula is C17H19N3O2. The fraction of sp³-hybridized carbons (Fsp3) is 0.235. The Morgan fingerprint density at radius 3 is 2.41 bits per heavy atom. The first-order valence-electron chi connectivity index (χ1n) is 6.99. The van der Waals surface area contributed by atoms with E-state index in [1.54, 1.807) is 43.8 Å². The van der Waals surface area contributed by atoms with Crippen molar-refractivity contribution < 1.29 is 9.59 Å². The largest absolute Gasteiger partial charge is 0.302 e. The Hall–Kier alpha value is -2.69. The average Bonchev–Trinajstić information content (AvgIpc) is 2.77. The third kappa shape index (κ3) is 2.83.